The molecule has 1 aromatic carbocycles. The second-order valence-electron chi connectivity index (χ2n) is 5.01. The summed E-state index contributed by atoms with van der Waals surface area (Å²) in [5.74, 6) is 0.849. The van der Waals surface area contributed by atoms with Crippen molar-refractivity contribution < 1.29 is 18.3 Å². The number of thiazole rings is 1. The Morgan fingerprint density at radius 3 is 2.88 bits per heavy atom. The molecule has 0 fully saturated rings. The van der Waals surface area contributed by atoms with E-state index in [1.807, 2.05) is 5.38 Å². The SMILES string of the molecule is O=C(Cc1csc(COc2ccc(F)cc2)n1)NCc1ccco1. The van der Waals surface area contributed by atoms with Crippen LogP contribution >= 0.6 is 11.3 Å². The van der Waals surface area contributed by atoms with E-state index in [0.717, 1.165) is 5.01 Å². The Labute approximate surface area is 142 Å². The van der Waals surface area contributed by atoms with Crippen LogP contribution in [0, 0.1) is 5.82 Å². The molecule has 0 aliphatic carbocycles. The lowest BCUT2D eigenvalue weighted by Crippen LogP contribution is -2.24. The number of carbonyl (C=O) groups is 1. The quantitative estimate of drug-likeness (QED) is 0.713. The van der Waals surface area contributed by atoms with E-state index < -0.39 is 0 Å². The molecular weight excluding hydrogens is 331 g/mol. The van der Waals surface area contributed by atoms with Crippen molar-refractivity contribution in [3.63, 3.8) is 0 Å². The van der Waals surface area contributed by atoms with Gasteiger partial charge in [-0.3, -0.25) is 4.79 Å². The molecule has 0 atom stereocenters. The first kappa shape index (κ1) is 16.2. The average molecular weight is 346 g/mol. The molecule has 0 aliphatic heterocycles. The van der Waals surface area contributed by atoms with Crippen LogP contribution in [0.15, 0.2) is 52.5 Å². The Hall–Kier alpha value is -2.67. The van der Waals surface area contributed by atoms with E-state index in [2.05, 4.69) is 10.3 Å². The number of aromatic nitrogens is 1. The van der Waals surface area contributed by atoms with Gasteiger partial charge in [-0.05, 0) is 36.4 Å². The molecule has 5 nitrogen and oxygen atoms in total. The number of nitrogens with one attached hydrogen (secondary N) is 1. The monoisotopic (exact) mass is 346 g/mol. The van der Waals surface area contributed by atoms with Gasteiger partial charge in [0.1, 0.15) is 28.9 Å². The van der Waals surface area contributed by atoms with Gasteiger partial charge in [-0.25, -0.2) is 9.37 Å². The fourth-order valence-electron chi connectivity index (χ4n) is 2.00. The Morgan fingerprint density at radius 1 is 1.29 bits per heavy atom. The topological polar surface area (TPSA) is 64.4 Å². The van der Waals surface area contributed by atoms with Gasteiger partial charge in [-0.15, -0.1) is 11.3 Å². The van der Waals surface area contributed by atoms with Crippen LogP contribution in [0.2, 0.25) is 0 Å². The van der Waals surface area contributed by atoms with Crippen molar-refractivity contribution in [3.8, 4) is 5.75 Å². The van der Waals surface area contributed by atoms with Crippen molar-refractivity contribution in [3.05, 3.63) is 70.3 Å². The van der Waals surface area contributed by atoms with Crippen LogP contribution in [0.3, 0.4) is 0 Å². The molecule has 0 saturated carbocycles. The Balaban J connectivity index is 1.46. The molecule has 24 heavy (non-hydrogen) atoms. The minimum atomic E-state index is -0.306. The first-order valence-corrected chi connectivity index (χ1v) is 8.18. The number of ether oxygens (including phenoxy) is 1. The number of hydrogen-bond acceptors (Lipinski definition) is 5. The average Bonchev–Trinajstić information content (AvgIpc) is 3.24. The zero-order valence-electron chi connectivity index (χ0n) is 12.7. The fraction of sp³-hybridized carbons (Fsp3) is 0.176. The van der Waals surface area contributed by atoms with Gasteiger partial charge in [0.2, 0.25) is 5.91 Å². The van der Waals surface area contributed by atoms with Crippen LogP contribution in [0.4, 0.5) is 4.39 Å². The van der Waals surface area contributed by atoms with Crippen LogP contribution in [0.1, 0.15) is 16.5 Å². The van der Waals surface area contributed by atoms with Gasteiger partial charge < -0.3 is 14.5 Å². The molecule has 0 bridgehead atoms. The standard InChI is InChI=1S/C17H15FN2O3S/c18-12-3-5-14(6-4-12)23-10-17-20-13(11-24-17)8-16(21)19-9-15-2-1-7-22-15/h1-7,11H,8-10H2,(H,19,21). The largest absolute Gasteiger partial charge is 0.486 e. The van der Waals surface area contributed by atoms with Crippen LogP contribution in [-0.2, 0) is 24.4 Å². The molecule has 0 radical (unpaired) electrons. The van der Waals surface area contributed by atoms with E-state index in [1.165, 1.54) is 23.5 Å². The minimum absolute atomic E-state index is 0.122. The van der Waals surface area contributed by atoms with Crippen molar-refractivity contribution in [1.82, 2.24) is 10.3 Å². The number of nitrogens with zero attached hydrogens (tertiary/aromatic N) is 1. The van der Waals surface area contributed by atoms with Crippen LogP contribution in [-0.4, -0.2) is 10.9 Å². The Morgan fingerprint density at radius 2 is 2.12 bits per heavy atom. The minimum Gasteiger partial charge on any atom is -0.486 e. The van der Waals surface area contributed by atoms with E-state index in [4.69, 9.17) is 9.15 Å². The highest BCUT2D eigenvalue weighted by atomic mass is 32.1. The normalized spacial score (nSPS) is 10.5. The highest BCUT2D eigenvalue weighted by Gasteiger charge is 2.09. The number of hydrogen-bond donors (Lipinski definition) is 1. The molecule has 124 valence electrons. The third-order valence-corrected chi connectivity index (χ3v) is 4.03. The lowest BCUT2D eigenvalue weighted by Gasteiger charge is -2.03. The molecular formula is C17H15FN2O3S. The van der Waals surface area contributed by atoms with E-state index in [-0.39, 0.29) is 24.8 Å². The number of halogens is 1. The first-order valence-electron chi connectivity index (χ1n) is 7.30. The molecule has 0 aliphatic rings. The van der Waals surface area contributed by atoms with Gasteiger partial charge in [0, 0.05) is 5.38 Å². The van der Waals surface area contributed by atoms with Gasteiger partial charge in [-0.1, -0.05) is 0 Å². The summed E-state index contributed by atoms with van der Waals surface area (Å²) in [6.45, 7) is 0.640. The van der Waals surface area contributed by atoms with Crippen LogP contribution in [0.5, 0.6) is 5.75 Å². The van der Waals surface area contributed by atoms with Crippen LogP contribution < -0.4 is 10.1 Å². The van der Waals surface area contributed by atoms with Crippen LogP contribution in [0.25, 0.3) is 0 Å². The Kier molecular flexibility index (Phi) is 5.22. The molecule has 7 heteroatoms. The fourth-order valence-corrected chi connectivity index (χ4v) is 2.70. The van der Waals surface area contributed by atoms with Crippen molar-refractivity contribution in [2.24, 2.45) is 0 Å². The first-order chi connectivity index (χ1) is 11.7. The lowest BCUT2D eigenvalue weighted by molar-refractivity contribution is -0.120. The molecule has 3 rings (SSSR count). The third kappa shape index (κ3) is 4.66. The summed E-state index contributed by atoms with van der Waals surface area (Å²) < 4.78 is 23.5. The number of carbonyl (C=O) groups excluding carboxylic acids is 1. The number of furan rings is 1. The van der Waals surface area contributed by atoms with Crippen molar-refractivity contribution in [1.29, 1.82) is 0 Å². The summed E-state index contributed by atoms with van der Waals surface area (Å²) in [7, 11) is 0. The van der Waals surface area contributed by atoms with Crippen molar-refractivity contribution in [2.75, 3.05) is 0 Å². The van der Waals surface area contributed by atoms with Gasteiger partial charge >= 0.3 is 0 Å². The summed E-state index contributed by atoms with van der Waals surface area (Å²) in [5.41, 5.74) is 0.689. The van der Waals surface area contributed by atoms with E-state index in [1.54, 1.807) is 30.5 Å². The molecule has 1 amide bonds. The lowest BCUT2D eigenvalue weighted by atomic mass is 10.3. The zero-order valence-corrected chi connectivity index (χ0v) is 13.5. The second-order valence-corrected chi connectivity index (χ2v) is 5.95. The maximum atomic E-state index is 12.8. The molecule has 1 N–H and O–H groups in total. The third-order valence-electron chi connectivity index (χ3n) is 3.16. The molecule has 0 unspecified atom stereocenters. The van der Waals surface area contributed by atoms with E-state index in [9.17, 15) is 9.18 Å². The summed E-state index contributed by atoms with van der Waals surface area (Å²) >= 11 is 1.42. The number of benzene rings is 1. The maximum absolute atomic E-state index is 12.8. The van der Waals surface area contributed by atoms with Gasteiger partial charge in [0.05, 0.1) is 24.9 Å². The van der Waals surface area contributed by atoms with Gasteiger partial charge in [-0.2, -0.15) is 0 Å². The summed E-state index contributed by atoms with van der Waals surface area (Å²) in [6.07, 6.45) is 1.77. The molecule has 3 aromatic rings. The van der Waals surface area contributed by atoms with Gasteiger partial charge in [0.25, 0.3) is 0 Å². The maximum Gasteiger partial charge on any atom is 0.226 e. The van der Waals surface area contributed by atoms with E-state index in [0.29, 0.717) is 23.7 Å². The highest BCUT2D eigenvalue weighted by Crippen LogP contribution is 2.16. The summed E-state index contributed by atoms with van der Waals surface area (Å²) in [5, 5.41) is 5.36. The molecule has 2 aromatic heterocycles. The summed E-state index contributed by atoms with van der Waals surface area (Å²) in [6, 6.07) is 9.37. The predicted octanol–water partition coefficient (Wildman–Crippen LogP) is 3.31. The smallest absolute Gasteiger partial charge is 0.226 e. The molecule has 2 heterocycles. The molecule has 0 saturated heterocycles. The van der Waals surface area contributed by atoms with Crippen molar-refractivity contribution in [2.45, 2.75) is 19.6 Å². The van der Waals surface area contributed by atoms with Crippen molar-refractivity contribution >= 4 is 17.2 Å². The number of amides is 1. The summed E-state index contributed by atoms with van der Waals surface area (Å²) in [4.78, 5) is 16.2. The van der Waals surface area contributed by atoms with Gasteiger partial charge in [0.15, 0.2) is 0 Å². The zero-order chi connectivity index (χ0) is 16.8. The molecule has 0 spiro atoms. The highest BCUT2D eigenvalue weighted by molar-refractivity contribution is 7.09. The van der Waals surface area contributed by atoms with E-state index >= 15 is 0 Å². The second kappa shape index (κ2) is 7.74. The predicted molar refractivity (Wildman–Crippen MR) is 87.1 cm³/mol. The Bertz CT molecular complexity index is 785. The number of rotatable bonds is 7.